The normalized spacial score (nSPS) is 15.8. The summed E-state index contributed by atoms with van der Waals surface area (Å²) in [6.07, 6.45) is 0.546. The summed E-state index contributed by atoms with van der Waals surface area (Å²) in [5.74, 6) is 1.13. The van der Waals surface area contributed by atoms with Crippen molar-refractivity contribution < 1.29 is 9.26 Å². The Bertz CT molecular complexity index is 527. The van der Waals surface area contributed by atoms with Gasteiger partial charge in [0, 0.05) is 13.2 Å². The molecule has 20 heavy (non-hydrogen) atoms. The Morgan fingerprint density at radius 1 is 1.30 bits per heavy atom. The van der Waals surface area contributed by atoms with Gasteiger partial charge in [-0.3, -0.25) is 0 Å². The first-order valence-corrected chi connectivity index (χ1v) is 6.84. The van der Waals surface area contributed by atoms with Crippen LogP contribution in [0.25, 0.3) is 0 Å². The third-order valence-corrected chi connectivity index (χ3v) is 3.53. The maximum atomic E-state index is 6.02. The van der Waals surface area contributed by atoms with Crippen molar-refractivity contribution in [3.05, 3.63) is 47.6 Å². The van der Waals surface area contributed by atoms with Crippen molar-refractivity contribution in [1.29, 1.82) is 0 Å². The molecule has 0 amide bonds. The van der Waals surface area contributed by atoms with Gasteiger partial charge in [-0.25, -0.2) is 0 Å². The number of nitrogens with zero attached hydrogens (tertiary/aromatic N) is 2. The second-order valence-electron chi connectivity index (χ2n) is 4.88. The molecule has 1 aromatic heterocycles. The molecule has 3 atom stereocenters. The predicted molar refractivity (Wildman–Crippen MR) is 76.3 cm³/mol. The average molecular weight is 275 g/mol. The van der Waals surface area contributed by atoms with Crippen LogP contribution < -0.4 is 5.73 Å². The van der Waals surface area contributed by atoms with E-state index >= 15 is 0 Å². The van der Waals surface area contributed by atoms with Gasteiger partial charge in [0.2, 0.25) is 11.7 Å². The van der Waals surface area contributed by atoms with E-state index in [-0.39, 0.29) is 18.1 Å². The second-order valence-corrected chi connectivity index (χ2v) is 4.88. The molecule has 108 valence electrons. The molecule has 0 aliphatic rings. The molecule has 2 aromatic rings. The Morgan fingerprint density at radius 3 is 2.60 bits per heavy atom. The molecular weight excluding hydrogens is 254 g/mol. The first-order chi connectivity index (χ1) is 9.67. The Balaban J connectivity index is 2.23. The number of rotatable bonds is 6. The molecule has 0 spiro atoms. The van der Waals surface area contributed by atoms with Crippen LogP contribution >= 0.6 is 0 Å². The van der Waals surface area contributed by atoms with Gasteiger partial charge in [0.05, 0.1) is 5.92 Å². The number of methoxy groups -OCH3 is 1. The fourth-order valence-electron chi connectivity index (χ4n) is 2.09. The summed E-state index contributed by atoms with van der Waals surface area (Å²) in [6.45, 7) is 4.04. The lowest BCUT2D eigenvalue weighted by atomic mass is 10.0. The molecule has 2 rings (SSSR count). The fourth-order valence-corrected chi connectivity index (χ4v) is 2.09. The van der Waals surface area contributed by atoms with Crippen molar-refractivity contribution >= 4 is 0 Å². The van der Waals surface area contributed by atoms with E-state index < -0.39 is 0 Å². The smallest absolute Gasteiger partial charge is 0.231 e. The summed E-state index contributed by atoms with van der Waals surface area (Å²) in [5.41, 5.74) is 7.01. The summed E-state index contributed by atoms with van der Waals surface area (Å²) in [5, 5.41) is 4.03. The highest BCUT2D eigenvalue weighted by atomic mass is 16.5. The summed E-state index contributed by atoms with van der Waals surface area (Å²) in [4.78, 5) is 4.44. The van der Waals surface area contributed by atoms with E-state index in [0.29, 0.717) is 11.7 Å². The molecule has 2 N–H and O–H groups in total. The van der Waals surface area contributed by atoms with Crippen LogP contribution in [0.3, 0.4) is 0 Å². The topological polar surface area (TPSA) is 74.2 Å². The zero-order valence-electron chi connectivity index (χ0n) is 12.1. The molecule has 1 aromatic carbocycles. The van der Waals surface area contributed by atoms with Crippen molar-refractivity contribution in [3.8, 4) is 0 Å². The van der Waals surface area contributed by atoms with Gasteiger partial charge in [-0.05, 0) is 12.0 Å². The quantitative estimate of drug-likeness (QED) is 0.877. The van der Waals surface area contributed by atoms with Crippen LogP contribution in [0.4, 0.5) is 0 Å². The van der Waals surface area contributed by atoms with E-state index in [1.807, 2.05) is 44.2 Å². The first kappa shape index (κ1) is 14.7. The minimum Gasteiger partial charge on any atom is -0.369 e. The molecule has 5 heteroatoms. The third kappa shape index (κ3) is 3.05. The molecule has 0 saturated heterocycles. The van der Waals surface area contributed by atoms with Crippen LogP contribution in [0.1, 0.15) is 49.6 Å². The van der Waals surface area contributed by atoms with E-state index in [4.69, 9.17) is 15.0 Å². The van der Waals surface area contributed by atoms with Gasteiger partial charge in [0.1, 0.15) is 6.10 Å². The number of aromatic nitrogens is 2. The Kier molecular flexibility index (Phi) is 4.87. The highest BCUT2D eigenvalue weighted by Gasteiger charge is 2.24. The lowest BCUT2D eigenvalue weighted by Gasteiger charge is -2.13. The van der Waals surface area contributed by atoms with E-state index in [1.54, 1.807) is 7.11 Å². The molecule has 0 bridgehead atoms. The predicted octanol–water partition coefficient (Wildman–Crippen LogP) is 2.65. The molecule has 0 fully saturated rings. The monoisotopic (exact) mass is 275 g/mol. The SMILES string of the molecule is CCC(N)C(C)c1nc(C(OC)c2ccccc2)no1. The van der Waals surface area contributed by atoms with Gasteiger partial charge in [0.15, 0.2) is 0 Å². The number of nitrogens with two attached hydrogens (primary N) is 1. The fraction of sp³-hybridized carbons (Fsp3) is 0.467. The number of benzene rings is 1. The average Bonchev–Trinajstić information content (AvgIpc) is 2.97. The highest BCUT2D eigenvalue weighted by molar-refractivity contribution is 5.22. The minimum atomic E-state index is -0.321. The van der Waals surface area contributed by atoms with Crippen molar-refractivity contribution in [2.45, 2.75) is 38.3 Å². The van der Waals surface area contributed by atoms with Crippen LogP contribution in [0.5, 0.6) is 0 Å². The molecule has 0 aliphatic heterocycles. The number of hydrogen-bond donors (Lipinski definition) is 1. The zero-order chi connectivity index (χ0) is 14.5. The molecule has 1 heterocycles. The van der Waals surface area contributed by atoms with Crippen molar-refractivity contribution in [2.24, 2.45) is 5.73 Å². The van der Waals surface area contributed by atoms with E-state index in [9.17, 15) is 0 Å². The van der Waals surface area contributed by atoms with Gasteiger partial charge in [-0.2, -0.15) is 4.98 Å². The first-order valence-electron chi connectivity index (χ1n) is 6.84. The Hall–Kier alpha value is -1.72. The second kappa shape index (κ2) is 6.63. The molecule has 0 radical (unpaired) electrons. The molecule has 3 unspecified atom stereocenters. The number of ether oxygens (including phenoxy) is 1. The third-order valence-electron chi connectivity index (χ3n) is 3.53. The highest BCUT2D eigenvalue weighted by Crippen LogP contribution is 2.25. The summed E-state index contributed by atoms with van der Waals surface area (Å²) >= 11 is 0. The largest absolute Gasteiger partial charge is 0.369 e. The van der Waals surface area contributed by atoms with Gasteiger partial charge in [-0.15, -0.1) is 0 Å². The molecule has 0 saturated carbocycles. The summed E-state index contributed by atoms with van der Waals surface area (Å²) in [7, 11) is 1.63. The zero-order valence-corrected chi connectivity index (χ0v) is 12.1. The van der Waals surface area contributed by atoms with Crippen molar-refractivity contribution in [2.75, 3.05) is 7.11 Å². The van der Waals surface area contributed by atoms with Gasteiger partial charge < -0.3 is 15.0 Å². The Labute approximate surface area is 119 Å². The molecule has 0 aliphatic carbocycles. The van der Waals surface area contributed by atoms with E-state index in [0.717, 1.165) is 12.0 Å². The van der Waals surface area contributed by atoms with Gasteiger partial charge in [0.25, 0.3) is 0 Å². The number of hydrogen-bond acceptors (Lipinski definition) is 5. The van der Waals surface area contributed by atoms with Gasteiger partial charge in [-0.1, -0.05) is 49.3 Å². The maximum absolute atomic E-state index is 6.02. The molecular formula is C15H21N3O2. The van der Waals surface area contributed by atoms with Gasteiger partial charge >= 0.3 is 0 Å². The van der Waals surface area contributed by atoms with E-state index in [1.165, 1.54) is 0 Å². The standard InChI is InChI=1S/C15H21N3O2/c1-4-12(16)10(2)15-17-14(18-20-15)13(19-3)11-8-6-5-7-9-11/h5-10,12-13H,4,16H2,1-3H3. The van der Waals surface area contributed by atoms with Crippen LogP contribution in [-0.2, 0) is 4.74 Å². The van der Waals surface area contributed by atoms with Crippen molar-refractivity contribution in [1.82, 2.24) is 10.1 Å². The lowest BCUT2D eigenvalue weighted by Crippen LogP contribution is -2.25. The Morgan fingerprint density at radius 2 is 2.00 bits per heavy atom. The minimum absolute atomic E-state index is 0.0148. The van der Waals surface area contributed by atoms with Crippen LogP contribution in [0.15, 0.2) is 34.9 Å². The summed E-state index contributed by atoms with van der Waals surface area (Å²) in [6, 6.07) is 9.84. The van der Waals surface area contributed by atoms with Crippen molar-refractivity contribution in [3.63, 3.8) is 0 Å². The van der Waals surface area contributed by atoms with Crippen LogP contribution in [-0.4, -0.2) is 23.3 Å². The van der Waals surface area contributed by atoms with E-state index in [2.05, 4.69) is 10.1 Å². The molecule has 5 nitrogen and oxygen atoms in total. The lowest BCUT2D eigenvalue weighted by molar-refractivity contribution is 0.126. The van der Waals surface area contributed by atoms with Crippen LogP contribution in [0, 0.1) is 0 Å². The maximum Gasteiger partial charge on any atom is 0.231 e. The van der Waals surface area contributed by atoms with Crippen LogP contribution in [0.2, 0.25) is 0 Å². The summed E-state index contributed by atoms with van der Waals surface area (Å²) < 4.78 is 10.8.